The Labute approximate surface area is 267 Å². The first-order valence-corrected chi connectivity index (χ1v) is 16.4. The summed E-state index contributed by atoms with van der Waals surface area (Å²) in [6.45, 7) is 8.12. The van der Waals surface area contributed by atoms with Crippen LogP contribution in [0.25, 0.3) is 0 Å². The van der Waals surface area contributed by atoms with Crippen molar-refractivity contribution in [2.45, 2.75) is 94.5 Å². The van der Waals surface area contributed by atoms with Crippen molar-refractivity contribution in [3.8, 4) is 0 Å². The average molecular weight is 618 g/mol. The molecule has 4 rings (SSSR count). The van der Waals surface area contributed by atoms with Gasteiger partial charge in [0.15, 0.2) is 0 Å². The van der Waals surface area contributed by atoms with Crippen LogP contribution in [0.5, 0.6) is 0 Å². The van der Waals surface area contributed by atoms with Gasteiger partial charge in [0.05, 0.1) is 0 Å². The molecule has 45 heavy (non-hydrogen) atoms. The summed E-state index contributed by atoms with van der Waals surface area (Å²) in [5, 5.41) is 12.8. The van der Waals surface area contributed by atoms with Gasteiger partial charge in [0.25, 0.3) is 0 Å². The first-order chi connectivity index (χ1) is 21.8. The van der Waals surface area contributed by atoms with Crippen molar-refractivity contribution >= 4 is 17.7 Å². The van der Waals surface area contributed by atoms with Gasteiger partial charge < -0.3 is 37.6 Å². The summed E-state index contributed by atoms with van der Waals surface area (Å²) in [6, 6.07) is 17.2. The molecule has 2 aromatic rings. The van der Waals surface area contributed by atoms with Crippen LogP contribution in [0.4, 0.5) is 0 Å². The highest BCUT2D eigenvalue weighted by atomic mass is 16.2. The Bertz CT molecular complexity index is 1250. The third kappa shape index (κ3) is 9.88. The van der Waals surface area contributed by atoms with Gasteiger partial charge in [-0.2, -0.15) is 0 Å². The smallest absolute Gasteiger partial charge is 0.246 e. The Kier molecular flexibility index (Phi) is 13.0. The van der Waals surface area contributed by atoms with Gasteiger partial charge in [-0.05, 0) is 76.1 Å². The second-order valence-electron chi connectivity index (χ2n) is 12.4. The number of nitrogens with zero attached hydrogens (tertiary/aromatic N) is 1. The third-order valence-corrected chi connectivity index (χ3v) is 8.88. The summed E-state index contributed by atoms with van der Waals surface area (Å²) < 4.78 is 0. The van der Waals surface area contributed by atoms with Crippen molar-refractivity contribution < 1.29 is 14.4 Å². The number of carbonyl (C=O) groups excluding carboxylic acids is 3. The van der Waals surface area contributed by atoms with Gasteiger partial charge in [-0.3, -0.25) is 14.4 Å². The minimum absolute atomic E-state index is 0.153. The second-order valence-corrected chi connectivity index (χ2v) is 12.4. The molecule has 2 fully saturated rings. The van der Waals surface area contributed by atoms with Crippen molar-refractivity contribution in [3.63, 3.8) is 0 Å². The molecular weight excluding hydrogens is 566 g/mol. The Hall–Kier alpha value is -3.73. The van der Waals surface area contributed by atoms with Crippen LogP contribution in [0.2, 0.25) is 0 Å². The SMILES string of the molecule is C=C(NC(Cc1ccccc1)C(=O)NC1CC(C)N(C(CCCCN)C(=O)NCC2CCCN2)C1=O)C(N)Cc1ccccc1. The molecule has 6 atom stereocenters. The molecule has 0 spiro atoms. The number of amides is 3. The monoisotopic (exact) mass is 617 g/mol. The molecule has 0 bridgehead atoms. The number of benzene rings is 2. The predicted molar refractivity (Wildman–Crippen MR) is 178 cm³/mol. The fraction of sp³-hybridized carbons (Fsp3) is 0.514. The van der Waals surface area contributed by atoms with Gasteiger partial charge >= 0.3 is 0 Å². The Morgan fingerprint density at radius 3 is 2.31 bits per heavy atom. The second kappa shape index (κ2) is 17.1. The molecule has 3 amide bonds. The highest BCUT2D eigenvalue weighted by Gasteiger charge is 2.44. The summed E-state index contributed by atoms with van der Waals surface area (Å²) >= 11 is 0. The van der Waals surface area contributed by atoms with Crippen LogP contribution in [0.15, 0.2) is 72.9 Å². The number of unbranched alkanes of at least 4 members (excludes halogenated alkanes) is 1. The van der Waals surface area contributed by atoms with E-state index in [1.54, 1.807) is 4.90 Å². The molecule has 244 valence electrons. The van der Waals surface area contributed by atoms with Crippen LogP contribution in [0, 0.1) is 0 Å². The summed E-state index contributed by atoms with van der Waals surface area (Å²) in [5.41, 5.74) is 14.8. The Morgan fingerprint density at radius 2 is 1.69 bits per heavy atom. The number of hydrogen-bond acceptors (Lipinski definition) is 7. The van der Waals surface area contributed by atoms with E-state index in [1.807, 2.05) is 67.6 Å². The Balaban J connectivity index is 1.44. The van der Waals surface area contributed by atoms with Crippen molar-refractivity contribution in [1.29, 1.82) is 0 Å². The quantitative estimate of drug-likeness (QED) is 0.148. The number of nitrogens with two attached hydrogens (primary N) is 2. The van der Waals surface area contributed by atoms with Crippen molar-refractivity contribution in [1.82, 2.24) is 26.2 Å². The Morgan fingerprint density at radius 1 is 1.02 bits per heavy atom. The van der Waals surface area contributed by atoms with Gasteiger partial charge in [-0.25, -0.2) is 0 Å². The van der Waals surface area contributed by atoms with Crippen LogP contribution in [0.3, 0.4) is 0 Å². The third-order valence-electron chi connectivity index (χ3n) is 8.88. The fourth-order valence-corrected chi connectivity index (χ4v) is 6.34. The zero-order valence-electron chi connectivity index (χ0n) is 26.5. The molecule has 0 aliphatic carbocycles. The van der Waals surface area contributed by atoms with Crippen LogP contribution < -0.4 is 32.7 Å². The zero-order chi connectivity index (χ0) is 32.2. The van der Waals surface area contributed by atoms with Crippen LogP contribution in [0.1, 0.15) is 56.6 Å². The molecular formula is C35H51N7O3. The number of nitrogens with one attached hydrogen (secondary N) is 4. The number of hydrogen-bond donors (Lipinski definition) is 6. The predicted octanol–water partition coefficient (Wildman–Crippen LogP) is 1.74. The first-order valence-electron chi connectivity index (χ1n) is 16.4. The zero-order valence-corrected chi connectivity index (χ0v) is 26.5. The van der Waals surface area contributed by atoms with E-state index in [-0.39, 0.29) is 29.8 Å². The van der Waals surface area contributed by atoms with Gasteiger partial charge in [-0.1, -0.05) is 67.2 Å². The lowest BCUT2D eigenvalue weighted by atomic mass is 10.0. The largest absolute Gasteiger partial charge is 0.376 e. The molecule has 2 saturated heterocycles. The topological polar surface area (TPSA) is 155 Å². The van der Waals surface area contributed by atoms with Crippen molar-refractivity contribution in [3.05, 3.63) is 84.1 Å². The summed E-state index contributed by atoms with van der Waals surface area (Å²) in [4.78, 5) is 42.8. The molecule has 10 nitrogen and oxygen atoms in total. The number of likely N-dealkylation sites (tertiary alicyclic amines) is 1. The van der Waals surface area contributed by atoms with E-state index in [0.717, 1.165) is 43.4 Å². The maximum absolute atomic E-state index is 13.8. The lowest BCUT2D eigenvalue weighted by molar-refractivity contribution is -0.141. The molecule has 0 aromatic heterocycles. The molecule has 0 radical (unpaired) electrons. The van der Waals surface area contributed by atoms with Crippen molar-refractivity contribution in [2.24, 2.45) is 11.5 Å². The summed E-state index contributed by atoms with van der Waals surface area (Å²) in [5.74, 6) is -0.697. The lowest BCUT2D eigenvalue weighted by Crippen LogP contribution is -2.55. The van der Waals surface area contributed by atoms with E-state index >= 15 is 0 Å². The van der Waals surface area contributed by atoms with Gasteiger partial charge in [-0.15, -0.1) is 0 Å². The summed E-state index contributed by atoms with van der Waals surface area (Å²) in [6.07, 6.45) is 5.53. The highest BCUT2D eigenvalue weighted by molar-refractivity contribution is 5.95. The van der Waals surface area contributed by atoms with Crippen LogP contribution >= 0.6 is 0 Å². The highest BCUT2D eigenvalue weighted by Crippen LogP contribution is 2.25. The molecule has 10 heteroatoms. The molecule has 6 unspecified atom stereocenters. The van der Waals surface area contributed by atoms with Gasteiger partial charge in [0.2, 0.25) is 17.7 Å². The van der Waals surface area contributed by atoms with E-state index < -0.39 is 24.2 Å². The molecule has 2 aromatic carbocycles. The minimum atomic E-state index is -0.736. The van der Waals surface area contributed by atoms with Crippen molar-refractivity contribution in [2.75, 3.05) is 19.6 Å². The van der Waals surface area contributed by atoms with Crippen LogP contribution in [-0.4, -0.2) is 78.5 Å². The molecule has 8 N–H and O–H groups in total. The number of rotatable bonds is 17. The first kappa shape index (κ1) is 34.1. The summed E-state index contributed by atoms with van der Waals surface area (Å²) in [7, 11) is 0. The van der Waals surface area contributed by atoms with E-state index in [0.29, 0.717) is 44.5 Å². The van der Waals surface area contributed by atoms with Gasteiger partial charge in [0, 0.05) is 36.8 Å². The molecule has 2 heterocycles. The maximum Gasteiger partial charge on any atom is 0.246 e. The lowest BCUT2D eigenvalue weighted by Gasteiger charge is -2.31. The molecule has 2 aliphatic heterocycles. The average Bonchev–Trinajstić information content (AvgIpc) is 3.66. The van der Waals surface area contributed by atoms with E-state index in [9.17, 15) is 14.4 Å². The molecule has 0 saturated carbocycles. The van der Waals surface area contributed by atoms with Crippen LogP contribution in [-0.2, 0) is 27.2 Å². The van der Waals surface area contributed by atoms with E-state index in [1.165, 1.54) is 0 Å². The van der Waals surface area contributed by atoms with E-state index in [4.69, 9.17) is 11.5 Å². The maximum atomic E-state index is 13.8. The fourth-order valence-electron chi connectivity index (χ4n) is 6.34. The number of carbonyl (C=O) groups is 3. The molecule has 2 aliphatic rings. The standard InChI is InChI=1S/C35H51N7O3/c1-24-20-31(35(45)42(24)32(17-9-10-18-36)34(44)39-23-28-16-11-19-38-28)41-33(43)30(22-27-14-7-4-8-15-27)40-25(2)29(37)21-26-12-5-3-6-13-26/h3-8,12-15,24,28-32,38,40H,2,9-11,16-23,36-37H2,1H3,(H,39,44)(H,41,43). The van der Waals surface area contributed by atoms with Gasteiger partial charge in [0.1, 0.15) is 18.1 Å². The normalized spacial score (nSPS) is 21.6. The minimum Gasteiger partial charge on any atom is -0.376 e. The van der Waals surface area contributed by atoms with E-state index in [2.05, 4.69) is 27.8 Å².